The molecule has 5 nitrogen and oxygen atoms in total. The molecule has 1 amide bonds. The van der Waals surface area contributed by atoms with E-state index < -0.39 is 0 Å². The molecule has 0 aliphatic rings. The molecule has 0 atom stereocenters. The number of carbonyl (C=O) groups excluding carboxylic acids is 1. The molecule has 0 aliphatic carbocycles. The van der Waals surface area contributed by atoms with Crippen LogP contribution in [-0.4, -0.2) is 26.2 Å². The highest BCUT2D eigenvalue weighted by molar-refractivity contribution is 7.99. The Labute approximate surface area is 155 Å². The van der Waals surface area contributed by atoms with Gasteiger partial charge in [-0.25, -0.2) is 4.98 Å². The monoisotopic (exact) mass is 372 g/mol. The third kappa shape index (κ3) is 4.41. The first kappa shape index (κ1) is 17.5. The van der Waals surface area contributed by atoms with Crippen LogP contribution in [0.15, 0.2) is 60.1 Å². The Balaban J connectivity index is 1.62. The third-order valence-corrected chi connectivity index (χ3v) is 5.01. The molecule has 0 aliphatic heterocycles. The van der Waals surface area contributed by atoms with Gasteiger partial charge in [-0.05, 0) is 36.8 Å². The second kappa shape index (κ2) is 8.18. The molecule has 2 aromatic heterocycles. The van der Waals surface area contributed by atoms with Gasteiger partial charge in [0.15, 0.2) is 5.16 Å². The van der Waals surface area contributed by atoms with Gasteiger partial charge in [0.2, 0.25) is 5.91 Å². The first-order valence-corrected chi connectivity index (χ1v) is 9.10. The largest absolute Gasteiger partial charge is 0.350 e. The Morgan fingerprint density at radius 1 is 1.20 bits per heavy atom. The first-order chi connectivity index (χ1) is 12.1. The minimum Gasteiger partial charge on any atom is -0.350 e. The van der Waals surface area contributed by atoms with E-state index in [0.717, 1.165) is 22.1 Å². The van der Waals surface area contributed by atoms with Crippen molar-refractivity contribution in [2.45, 2.75) is 18.6 Å². The number of amides is 1. The molecule has 0 spiro atoms. The molecule has 0 saturated carbocycles. The molecule has 3 aromatic rings. The highest BCUT2D eigenvalue weighted by Crippen LogP contribution is 2.26. The number of halogens is 1. The number of nitrogens with zero attached hydrogens (tertiary/aromatic N) is 3. The van der Waals surface area contributed by atoms with Crippen LogP contribution >= 0.6 is 23.4 Å². The van der Waals surface area contributed by atoms with E-state index in [2.05, 4.69) is 15.3 Å². The molecule has 0 saturated heterocycles. The fourth-order valence-corrected chi connectivity index (χ4v) is 3.28. The molecular weight excluding hydrogens is 356 g/mol. The smallest absolute Gasteiger partial charge is 0.230 e. The van der Waals surface area contributed by atoms with Crippen LogP contribution in [0, 0.1) is 6.92 Å². The summed E-state index contributed by atoms with van der Waals surface area (Å²) in [4.78, 5) is 20.6. The number of carbonyl (C=O) groups is 1. The lowest BCUT2D eigenvalue weighted by Gasteiger charge is -2.11. The van der Waals surface area contributed by atoms with Crippen molar-refractivity contribution in [1.29, 1.82) is 0 Å². The SMILES string of the molecule is Cc1c(Cl)cccc1-n1ccnc1SCC(=O)NCc1ccccn1. The predicted molar refractivity (Wildman–Crippen MR) is 100 cm³/mol. The topological polar surface area (TPSA) is 59.8 Å². The Hall–Kier alpha value is -2.31. The number of thioether (sulfide) groups is 1. The molecule has 3 rings (SSSR count). The van der Waals surface area contributed by atoms with Gasteiger partial charge in [-0.1, -0.05) is 35.5 Å². The number of hydrogen-bond acceptors (Lipinski definition) is 4. The maximum Gasteiger partial charge on any atom is 0.230 e. The summed E-state index contributed by atoms with van der Waals surface area (Å²) in [6.07, 6.45) is 5.29. The summed E-state index contributed by atoms with van der Waals surface area (Å²) in [5.74, 6) is 0.219. The normalized spacial score (nSPS) is 10.6. The summed E-state index contributed by atoms with van der Waals surface area (Å²) >= 11 is 7.58. The Morgan fingerprint density at radius 2 is 2.08 bits per heavy atom. The molecule has 1 N–H and O–H groups in total. The van der Waals surface area contributed by atoms with Gasteiger partial charge < -0.3 is 5.32 Å². The molecule has 0 unspecified atom stereocenters. The number of hydrogen-bond donors (Lipinski definition) is 1. The van der Waals surface area contributed by atoms with Gasteiger partial charge in [0, 0.05) is 23.6 Å². The van der Waals surface area contributed by atoms with E-state index in [-0.39, 0.29) is 11.7 Å². The molecule has 128 valence electrons. The predicted octanol–water partition coefficient (Wildman–Crippen LogP) is 3.64. The molecule has 25 heavy (non-hydrogen) atoms. The van der Waals surface area contributed by atoms with Gasteiger partial charge in [-0.2, -0.15) is 0 Å². The zero-order chi connectivity index (χ0) is 17.6. The summed E-state index contributed by atoms with van der Waals surface area (Å²) in [6.45, 7) is 2.38. The van der Waals surface area contributed by atoms with Crippen LogP contribution in [0.1, 0.15) is 11.3 Å². The van der Waals surface area contributed by atoms with E-state index in [1.165, 1.54) is 11.8 Å². The van der Waals surface area contributed by atoms with E-state index >= 15 is 0 Å². The van der Waals surface area contributed by atoms with Gasteiger partial charge in [0.25, 0.3) is 0 Å². The molecule has 1 aromatic carbocycles. The Bertz CT molecular complexity index is 867. The number of aromatic nitrogens is 3. The summed E-state index contributed by atoms with van der Waals surface area (Å²) in [5.41, 5.74) is 2.77. The fraction of sp³-hybridized carbons (Fsp3) is 0.167. The van der Waals surface area contributed by atoms with Crippen molar-refractivity contribution < 1.29 is 4.79 Å². The minimum absolute atomic E-state index is 0.0620. The number of benzene rings is 1. The second-order valence-corrected chi connectivity index (χ2v) is 6.70. The zero-order valence-electron chi connectivity index (χ0n) is 13.6. The standard InChI is InChI=1S/C18H17ClN4OS/c1-13-15(19)6-4-7-16(13)23-10-9-21-18(23)25-12-17(24)22-11-14-5-2-3-8-20-14/h2-10H,11-12H2,1H3,(H,22,24). The molecule has 0 bridgehead atoms. The van der Waals surface area contributed by atoms with Crippen LogP contribution < -0.4 is 5.32 Å². The average Bonchev–Trinajstić information content (AvgIpc) is 3.10. The molecule has 0 radical (unpaired) electrons. The van der Waals surface area contributed by atoms with Crippen molar-refractivity contribution in [3.05, 3.63) is 71.3 Å². The van der Waals surface area contributed by atoms with Crippen molar-refractivity contribution in [2.75, 3.05) is 5.75 Å². The number of rotatable bonds is 6. The zero-order valence-corrected chi connectivity index (χ0v) is 15.2. The summed E-state index contributed by atoms with van der Waals surface area (Å²) in [5, 5.41) is 4.31. The fourth-order valence-electron chi connectivity index (χ4n) is 2.31. The number of nitrogens with one attached hydrogen (secondary N) is 1. The number of pyridine rings is 1. The van der Waals surface area contributed by atoms with Crippen LogP contribution in [0.4, 0.5) is 0 Å². The Kier molecular flexibility index (Phi) is 5.73. The third-order valence-electron chi connectivity index (χ3n) is 3.63. The Morgan fingerprint density at radius 3 is 2.88 bits per heavy atom. The maximum atomic E-state index is 12.1. The van der Waals surface area contributed by atoms with Crippen molar-refractivity contribution in [2.24, 2.45) is 0 Å². The van der Waals surface area contributed by atoms with Crippen LogP contribution in [0.25, 0.3) is 5.69 Å². The second-order valence-electron chi connectivity index (χ2n) is 5.35. The quantitative estimate of drug-likeness (QED) is 0.671. The van der Waals surface area contributed by atoms with Crippen molar-refractivity contribution in [3.63, 3.8) is 0 Å². The first-order valence-electron chi connectivity index (χ1n) is 7.73. The van der Waals surface area contributed by atoms with Crippen LogP contribution in [-0.2, 0) is 11.3 Å². The van der Waals surface area contributed by atoms with E-state index in [0.29, 0.717) is 11.6 Å². The van der Waals surface area contributed by atoms with Crippen molar-refractivity contribution in [3.8, 4) is 5.69 Å². The van der Waals surface area contributed by atoms with Crippen molar-refractivity contribution >= 4 is 29.3 Å². The van der Waals surface area contributed by atoms with Crippen molar-refractivity contribution in [1.82, 2.24) is 19.9 Å². The van der Waals surface area contributed by atoms with Gasteiger partial charge in [0.05, 0.1) is 23.7 Å². The van der Waals surface area contributed by atoms with Crippen LogP contribution in [0.5, 0.6) is 0 Å². The number of imidazole rings is 1. The van der Waals surface area contributed by atoms with E-state index in [1.807, 2.05) is 54.1 Å². The summed E-state index contributed by atoms with van der Waals surface area (Å²) in [6, 6.07) is 11.4. The van der Waals surface area contributed by atoms with Gasteiger partial charge in [-0.15, -0.1) is 0 Å². The summed E-state index contributed by atoms with van der Waals surface area (Å²) in [7, 11) is 0. The van der Waals surface area contributed by atoms with Crippen LogP contribution in [0.3, 0.4) is 0 Å². The van der Waals surface area contributed by atoms with E-state index in [9.17, 15) is 4.79 Å². The van der Waals surface area contributed by atoms with E-state index in [1.54, 1.807) is 12.4 Å². The lowest BCUT2D eigenvalue weighted by Crippen LogP contribution is -2.25. The van der Waals surface area contributed by atoms with Gasteiger partial charge in [0.1, 0.15) is 0 Å². The minimum atomic E-state index is -0.0620. The maximum absolute atomic E-state index is 12.1. The van der Waals surface area contributed by atoms with Gasteiger partial charge >= 0.3 is 0 Å². The highest BCUT2D eigenvalue weighted by atomic mass is 35.5. The molecule has 0 fully saturated rings. The highest BCUT2D eigenvalue weighted by Gasteiger charge is 2.11. The van der Waals surface area contributed by atoms with E-state index in [4.69, 9.17) is 11.6 Å². The molecule has 2 heterocycles. The lowest BCUT2D eigenvalue weighted by atomic mass is 10.2. The molecule has 7 heteroatoms. The summed E-state index contributed by atoms with van der Waals surface area (Å²) < 4.78 is 1.94. The van der Waals surface area contributed by atoms with Crippen LogP contribution in [0.2, 0.25) is 5.02 Å². The lowest BCUT2D eigenvalue weighted by molar-refractivity contribution is -0.118. The average molecular weight is 373 g/mol. The van der Waals surface area contributed by atoms with Gasteiger partial charge in [-0.3, -0.25) is 14.3 Å². The molecular formula is C18H17ClN4OS.